The van der Waals surface area contributed by atoms with Gasteiger partial charge in [-0.25, -0.2) is 0 Å². The van der Waals surface area contributed by atoms with Gasteiger partial charge in [-0.2, -0.15) is 0 Å². The molecule has 0 aliphatic rings. The molecule has 74 valence electrons. The summed E-state index contributed by atoms with van der Waals surface area (Å²) in [4.78, 5) is 1.33. The number of nitrogens with two attached hydrogens (primary N) is 2. The van der Waals surface area contributed by atoms with Crippen molar-refractivity contribution in [3.8, 4) is 0 Å². The van der Waals surface area contributed by atoms with Crippen molar-refractivity contribution >= 4 is 11.3 Å². The molecule has 1 aromatic rings. The molecule has 13 heavy (non-hydrogen) atoms. The highest BCUT2D eigenvalue weighted by Gasteiger charge is 2.09. The van der Waals surface area contributed by atoms with E-state index in [1.54, 1.807) is 11.3 Å². The normalized spacial score (nSPS) is 13.2. The van der Waals surface area contributed by atoms with Crippen molar-refractivity contribution in [3.63, 3.8) is 0 Å². The summed E-state index contributed by atoms with van der Waals surface area (Å²) in [5.41, 5.74) is 12.8. The van der Waals surface area contributed by atoms with Gasteiger partial charge >= 0.3 is 0 Å². The van der Waals surface area contributed by atoms with Gasteiger partial charge in [0.05, 0.1) is 0 Å². The summed E-state index contributed by atoms with van der Waals surface area (Å²) in [6.45, 7) is 2.89. The van der Waals surface area contributed by atoms with Gasteiger partial charge in [0.2, 0.25) is 0 Å². The molecule has 1 rings (SSSR count). The summed E-state index contributed by atoms with van der Waals surface area (Å²) in [5.74, 6) is 0. The van der Waals surface area contributed by atoms with Gasteiger partial charge in [-0.3, -0.25) is 0 Å². The molecule has 0 amide bonds. The fourth-order valence-corrected chi connectivity index (χ4v) is 2.37. The highest BCUT2D eigenvalue weighted by Crippen LogP contribution is 2.25. The van der Waals surface area contributed by atoms with Gasteiger partial charge in [0, 0.05) is 10.9 Å². The maximum absolute atomic E-state index is 6.05. The first-order valence-electron chi connectivity index (χ1n) is 4.75. The molecule has 0 saturated heterocycles. The zero-order chi connectivity index (χ0) is 9.68. The summed E-state index contributed by atoms with van der Waals surface area (Å²) >= 11 is 1.76. The minimum Gasteiger partial charge on any atom is -0.330 e. The molecule has 0 unspecified atom stereocenters. The largest absolute Gasteiger partial charge is 0.330 e. The Bertz CT molecular complexity index is 245. The highest BCUT2D eigenvalue weighted by molar-refractivity contribution is 7.10. The highest BCUT2D eigenvalue weighted by atomic mass is 32.1. The second kappa shape index (κ2) is 5.37. The molecule has 3 heteroatoms. The van der Waals surface area contributed by atoms with Gasteiger partial charge < -0.3 is 11.5 Å². The molecule has 2 nitrogen and oxygen atoms in total. The number of rotatable bonds is 5. The van der Waals surface area contributed by atoms with E-state index in [2.05, 4.69) is 18.4 Å². The van der Waals surface area contributed by atoms with Crippen LogP contribution in [0, 0.1) is 6.92 Å². The van der Waals surface area contributed by atoms with Crippen LogP contribution in [-0.2, 0) is 0 Å². The van der Waals surface area contributed by atoms with Crippen LogP contribution in [0.5, 0.6) is 0 Å². The molecule has 1 aromatic heterocycles. The van der Waals surface area contributed by atoms with Crippen molar-refractivity contribution in [3.05, 3.63) is 21.9 Å². The molecule has 0 saturated carbocycles. The zero-order valence-corrected chi connectivity index (χ0v) is 8.94. The number of hydrogen-bond acceptors (Lipinski definition) is 3. The van der Waals surface area contributed by atoms with Gasteiger partial charge in [-0.1, -0.05) is 6.42 Å². The van der Waals surface area contributed by atoms with Gasteiger partial charge in [0.1, 0.15) is 0 Å². The van der Waals surface area contributed by atoms with Crippen LogP contribution in [0.25, 0.3) is 0 Å². The van der Waals surface area contributed by atoms with Crippen molar-refractivity contribution in [2.45, 2.75) is 32.2 Å². The fraction of sp³-hybridized carbons (Fsp3) is 0.600. The molecule has 1 atom stereocenters. The Kier molecular flexibility index (Phi) is 4.42. The molecule has 0 spiro atoms. The lowest BCUT2D eigenvalue weighted by Gasteiger charge is -2.10. The second-order valence-corrected chi connectivity index (χ2v) is 4.31. The van der Waals surface area contributed by atoms with Crippen LogP contribution in [0.3, 0.4) is 0 Å². The third kappa shape index (κ3) is 3.10. The van der Waals surface area contributed by atoms with Gasteiger partial charge in [0.15, 0.2) is 0 Å². The Balaban J connectivity index is 2.39. The fourth-order valence-electron chi connectivity index (χ4n) is 1.40. The van der Waals surface area contributed by atoms with Crippen LogP contribution < -0.4 is 11.5 Å². The van der Waals surface area contributed by atoms with Crippen LogP contribution in [0.2, 0.25) is 0 Å². The number of aryl methyl sites for hydroxylation is 1. The molecular weight excluding hydrogens is 180 g/mol. The van der Waals surface area contributed by atoms with Gasteiger partial charge in [-0.15, -0.1) is 11.3 Å². The number of thiophene rings is 1. The molecule has 0 aliphatic heterocycles. The quantitative estimate of drug-likeness (QED) is 0.713. The first kappa shape index (κ1) is 10.7. The number of hydrogen-bond donors (Lipinski definition) is 2. The standard InChI is InChI=1S/C10H18N2S/c1-8-5-7-13-10(8)9(12)4-2-3-6-11/h5,7,9H,2-4,6,11-12H2,1H3/t9-/m0/s1. The average Bonchev–Trinajstić information content (AvgIpc) is 2.52. The zero-order valence-electron chi connectivity index (χ0n) is 8.12. The van der Waals surface area contributed by atoms with Crippen molar-refractivity contribution in [1.82, 2.24) is 0 Å². The van der Waals surface area contributed by atoms with Gasteiger partial charge in [-0.05, 0) is 43.3 Å². The first-order chi connectivity index (χ1) is 6.25. The third-order valence-electron chi connectivity index (χ3n) is 2.21. The summed E-state index contributed by atoms with van der Waals surface area (Å²) < 4.78 is 0. The Morgan fingerprint density at radius 3 is 2.77 bits per heavy atom. The molecular formula is C10H18N2S. The molecule has 1 heterocycles. The van der Waals surface area contributed by atoms with Crippen molar-refractivity contribution < 1.29 is 0 Å². The maximum Gasteiger partial charge on any atom is 0.0392 e. The first-order valence-corrected chi connectivity index (χ1v) is 5.63. The lowest BCUT2D eigenvalue weighted by molar-refractivity contribution is 0.596. The van der Waals surface area contributed by atoms with Crippen molar-refractivity contribution in [2.24, 2.45) is 11.5 Å². The van der Waals surface area contributed by atoms with E-state index in [4.69, 9.17) is 11.5 Å². The predicted molar refractivity (Wildman–Crippen MR) is 58.9 cm³/mol. The monoisotopic (exact) mass is 198 g/mol. The van der Waals surface area contributed by atoms with E-state index in [-0.39, 0.29) is 6.04 Å². The molecule has 4 N–H and O–H groups in total. The maximum atomic E-state index is 6.05. The van der Waals surface area contributed by atoms with E-state index in [1.807, 2.05) is 0 Å². The Labute approximate surface area is 83.9 Å². The lowest BCUT2D eigenvalue weighted by Crippen LogP contribution is -2.10. The minimum absolute atomic E-state index is 0.214. The SMILES string of the molecule is Cc1ccsc1[C@@H](N)CCCCN. The van der Waals surface area contributed by atoms with Crippen LogP contribution >= 0.6 is 11.3 Å². The predicted octanol–water partition coefficient (Wildman–Crippen LogP) is 2.19. The van der Waals surface area contributed by atoms with Crippen LogP contribution in [0.15, 0.2) is 11.4 Å². The van der Waals surface area contributed by atoms with E-state index in [0.717, 1.165) is 25.8 Å². The van der Waals surface area contributed by atoms with E-state index in [0.29, 0.717) is 0 Å². The summed E-state index contributed by atoms with van der Waals surface area (Å²) in [6, 6.07) is 2.34. The molecule has 0 radical (unpaired) electrons. The third-order valence-corrected chi connectivity index (χ3v) is 3.36. The lowest BCUT2D eigenvalue weighted by atomic mass is 10.1. The Morgan fingerprint density at radius 1 is 1.46 bits per heavy atom. The second-order valence-electron chi connectivity index (χ2n) is 3.36. The van der Waals surface area contributed by atoms with Crippen LogP contribution in [0.4, 0.5) is 0 Å². The van der Waals surface area contributed by atoms with E-state index in [9.17, 15) is 0 Å². The van der Waals surface area contributed by atoms with Crippen LogP contribution in [0.1, 0.15) is 35.7 Å². The number of unbranched alkanes of at least 4 members (excludes halogenated alkanes) is 1. The topological polar surface area (TPSA) is 52.0 Å². The average molecular weight is 198 g/mol. The van der Waals surface area contributed by atoms with Gasteiger partial charge in [0.25, 0.3) is 0 Å². The Morgan fingerprint density at radius 2 is 2.23 bits per heavy atom. The Hall–Kier alpha value is -0.380. The summed E-state index contributed by atoms with van der Waals surface area (Å²) in [6.07, 6.45) is 3.27. The van der Waals surface area contributed by atoms with Crippen molar-refractivity contribution in [1.29, 1.82) is 0 Å². The molecule has 0 bridgehead atoms. The smallest absolute Gasteiger partial charge is 0.0392 e. The van der Waals surface area contributed by atoms with E-state index >= 15 is 0 Å². The van der Waals surface area contributed by atoms with E-state index in [1.165, 1.54) is 10.4 Å². The molecule has 0 aliphatic carbocycles. The molecule has 0 aromatic carbocycles. The molecule has 0 fully saturated rings. The minimum atomic E-state index is 0.214. The van der Waals surface area contributed by atoms with Crippen molar-refractivity contribution in [2.75, 3.05) is 6.54 Å². The summed E-state index contributed by atoms with van der Waals surface area (Å²) in [7, 11) is 0. The van der Waals surface area contributed by atoms with Crippen LogP contribution in [-0.4, -0.2) is 6.54 Å². The van der Waals surface area contributed by atoms with E-state index < -0.39 is 0 Å². The summed E-state index contributed by atoms with van der Waals surface area (Å²) in [5, 5.41) is 2.10.